The Morgan fingerprint density at radius 2 is 1.76 bits per heavy atom. The van der Waals surface area contributed by atoms with Gasteiger partial charge in [-0.25, -0.2) is 0 Å². The lowest BCUT2D eigenvalue weighted by Crippen LogP contribution is -2.39. The Morgan fingerprint density at radius 3 is 2.47 bits per heavy atom. The van der Waals surface area contributed by atoms with E-state index in [0.717, 1.165) is 45.8 Å². The van der Waals surface area contributed by atoms with Crippen molar-refractivity contribution >= 4 is 39.0 Å². The van der Waals surface area contributed by atoms with Crippen molar-refractivity contribution in [2.45, 2.75) is 39.8 Å². The molecule has 0 saturated heterocycles. The maximum absolute atomic E-state index is 11.1. The summed E-state index contributed by atoms with van der Waals surface area (Å²) in [7, 11) is 4.14. The molecule has 0 saturated carbocycles. The van der Waals surface area contributed by atoms with Gasteiger partial charge < -0.3 is 5.11 Å². The average Bonchev–Trinajstić information content (AvgIpc) is 3.13. The molecule has 7 heteroatoms. The second kappa shape index (κ2) is 10.2. The highest BCUT2D eigenvalue weighted by Crippen LogP contribution is 2.41. The van der Waals surface area contributed by atoms with Crippen LogP contribution in [0.25, 0.3) is 0 Å². The van der Waals surface area contributed by atoms with Crippen LogP contribution in [-0.2, 0) is 24.3 Å². The van der Waals surface area contributed by atoms with Crippen LogP contribution in [-0.4, -0.2) is 30.1 Å². The van der Waals surface area contributed by atoms with Crippen molar-refractivity contribution in [2.75, 3.05) is 24.1 Å². The van der Waals surface area contributed by atoms with Crippen LogP contribution >= 0.6 is 15.9 Å². The van der Waals surface area contributed by atoms with Gasteiger partial charge in [0.05, 0.1) is 17.1 Å². The van der Waals surface area contributed by atoms with Crippen LogP contribution in [0.2, 0.25) is 0 Å². The number of aliphatic carboxylic acids is 1. The SMILES string of the molecule is Cc1ccc(N2NN(C)c3ccc(CCC(=O)O)c(C)c32)cc1CN(C)Cc1ccc(Br)cc1. The Bertz CT molecular complexity index is 1200. The third kappa shape index (κ3) is 5.27. The van der Waals surface area contributed by atoms with Crippen molar-refractivity contribution < 1.29 is 9.90 Å². The fourth-order valence-corrected chi connectivity index (χ4v) is 4.71. The van der Waals surface area contributed by atoms with Crippen molar-refractivity contribution in [3.63, 3.8) is 0 Å². The zero-order chi connectivity index (χ0) is 24.4. The smallest absolute Gasteiger partial charge is 0.303 e. The number of hydrazine groups is 2. The Labute approximate surface area is 209 Å². The molecular weight excluding hydrogens is 492 g/mol. The largest absolute Gasteiger partial charge is 0.481 e. The molecule has 0 atom stereocenters. The monoisotopic (exact) mass is 522 g/mol. The second-order valence-electron chi connectivity index (χ2n) is 9.02. The van der Waals surface area contributed by atoms with Gasteiger partial charge in [-0.1, -0.05) is 40.2 Å². The number of hydrogen-bond acceptors (Lipinski definition) is 5. The standard InChI is InChI=1S/C27H31BrN4O2/c1-18-5-12-24(15-22(18)17-30(3)16-20-6-10-23(28)11-7-20)32-27-19(2)21(9-14-26(33)34)8-13-25(27)31(4)29-32/h5-8,10-13,15,29H,9,14,16-17H2,1-4H3,(H,33,34). The highest BCUT2D eigenvalue weighted by molar-refractivity contribution is 9.10. The van der Waals surface area contributed by atoms with Crippen molar-refractivity contribution in [1.29, 1.82) is 0 Å². The van der Waals surface area contributed by atoms with Crippen LogP contribution in [0.1, 0.15) is 34.2 Å². The summed E-state index contributed by atoms with van der Waals surface area (Å²) in [6.45, 7) is 5.94. The lowest BCUT2D eigenvalue weighted by atomic mass is 10.00. The first kappa shape index (κ1) is 24.3. The van der Waals surface area contributed by atoms with E-state index >= 15 is 0 Å². The fourth-order valence-electron chi connectivity index (χ4n) is 4.45. The van der Waals surface area contributed by atoms with Gasteiger partial charge in [0.1, 0.15) is 0 Å². The van der Waals surface area contributed by atoms with Crippen molar-refractivity contribution in [2.24, 2.45) is 0 Å². The maximum Gasteiger partial charge on any atom is 0.303 e. The van der Waals surface area contributed by atoms with E-state index in [-0.39, 0.29) is 6.42 Å². The molecule has 0 amide bonds. The van der Waals surface area contributed by atoms with Gasteiger partial charge in [-0.3, -0.25) is 19.7 Å². The molecule has 0 radical (unpaired) electrons. The zero-order valence-electron chi connectivity index (χ0n) is 20.1. The highest BCUT2D eigenvalue weighted by atomic mass is 79.9. The molecule has 0 aromatic heterocycles. The highest BCUT2D eigenvalue weighted by Gasteiger charge is 2.28. The van der Waals surface area contributed by atoms with E-state index in [4.69, 9.17) is 5.11 Å². The summed E-state index contributed by atoms with van der Waals surface area (Å²) in [4.78, 5) is 13.4. The van der Waals surface area contributed by atoms with Crippen LogP contribution in [0.4, 0.5) is 17.1 Å². The molecule has 34 heavy (non-hydrogen) atoms. The van der Waals surface area contributed by atoms with Gasteiger partial charge in [-0.15, -0.1) is 5.53 Å². The van der Waals surface area contributed by atoms with E-state index in [2.05, 4.69) is 101 Å². The average molecular weight is 523 g/mol. The number of halogens is 1. The van der Waals surface area contributed by atoms with Crippen LogP contribution in [0.3, 0.4) is 0 Å². The molecule has 3 aromatic carbocycles. The summed E-state index contributed by atoms with van der Waals surface area (Å²) in [5, 5.41) is 13.2. The lowest BCUT2D eigenvalue weighted by molar-refractivity contribution is -0.136. The van der Waals surface area contributed by atoms with Crippen molar-refractivity contribution in [1.82, 2.24) is 10.4 Å². The third-order valence-corrected chi connectivity index (χ3v) is 6.89. The summed E-state index contributed by atoms with van der Waals surface area (Å²) in [6.07, 6.45) is 0.647. The Hall–Kier alpha value is -2.87. The first-order valence-electron chi connectivity index (χ1n) is 11.4. The molecule has 0 fully saturated rings. The molecule has 0 aliphatic carbocycles. The number of carboxylic acids is 1. The minimum atomic E-state index is -0.776. The predicted molar refractivity (Wildman–Crippen MR) is 141 cm³/mol. The molecule has 178 valence electrons. The van der Waals surface area contributed by atoms with Crippen molar-refractivity contribution in [3.8, 4) is 0 Å². The minimum absolute atomic E-state index is 0.127. The zero-order valence-corrected chi connectivity index (χ0v) is 21.7. The number of rotatable bonds is 8. The van der Waals surface area contributed by atoms with Crippen LogP contribution < -0.4 is 15.6 Å². The number of anilines is 3. The number of carbonyl (C=O) groups is 1. The summed E-state index contributed by atoms with van der Waals surface area (Å²) < 4.78 is 1.09. The van der Waals surface area contributed by atoms with Gasteiger partial charge in [0.25, 0.3) is 0 Å². The third-order valence-electron chi connectivity index (χ3n) is 6.36. The molecule has 3 aromatic rings. The number of fused-ring (bicyclic) bond motifs is 1. The van der Waals surface area contributed by atoms with E-state index in [0.29, 0.717) is 6.42 Å². The van der Waals surface area contributed by atoms with E-state index in [9.17, 15) is 4.79 Å². The Morgan fingerprint density at radius 1 is 1.03 bits per heavy atom. The van der Waals surface area contributed by atoms with E-state index in [1.807, 2.05) is 18.1 Å². The van der Waals surface area contributed by atoms with Gasteiger partial charge in [0.2, 0.25) is 0 Å². The molecular formula is C27H31BrN4O2. The molecule has 0 bridgehead atoms. The number of aryl methyl sites for hydroxylation is 2. The number of nitrogens with one attached hydrogen (secondary N) is 1. The predicted octanol–water partition coefficient (Wildman–Crippen LogP) is 5.72. The normalized spacial score (nSPS) is 13.0. The summed E-state index contributed by atoms with van der Waals surface area (Å²) >= 11 is 3.50. The summed E-state index contributed by atoms with van der Waals surface area (Å²) in [5.74, 6) is -0.776. The first-order valence-corrected chi connectivity index (χ1v) is 12.2. The Balaban J connectivity index is 1.59. The molecule has 0 unspecified atom stereocenters. The molecule has 4 rings (SSSR count). The molecule has 1 aliphatic heterocycles. The van der Waals surface area contributed by atoms with Crippen LogP contribution in [0, 0.1) is 13.8 Å². The van der Waals surface area contributed by atoms with Gasteiger partial charge in [-0.05, 0) is 85.5 Å². The van der Waals surface area contributed by atoms with Gasteiger partial charge >= 0.3 is 5.97 Å². The fraction of sp³-hybridized carbons (Fsp3) is 0.296. The van der Waals surface area contributed by atoms with E-state index < -0.39 is 5.97 Å². The topological polar surface area (TPSA) is 59.1 Å². The van der Waals surface area contributed by atoms with Crippen LogP contribution in [0.5, 0.6) is 0 Å². The van der Waals surface area contributed by atoms with Crippen LogP contribution in [0.15, 0.2) is 59.1 Å². The minimum Gasteiger partial charge on any atom is -0.481 e. The molecule has 2 N–H and O–H groups in total. The molecule has 0 spiro atoms. The van der Waals surface area contributed by atoms with Gasteiger partial charge in [0, 0.05) is 31.0 Å². The number of benzene rings is 3. The molecule has 1 aliphatic rings. The quantitative estimate of drug-likeness (QED) is 0.394. The summed E-state index contributed by atoms with van der Waals surface area (Å²) in [6, 6.07) is 19.1. The number of hydrogen-bond donors (Lipinski definition) is 2. The molecule has 6 nitrogen and oxygen atoms in total. The number of nitrogens with zero attached hydrogens (tertiary/aromatic N) is 3. The lowest BCUT2D eigenvalue weighted by Gasteiger charge is -2.24. The number of carboxylic acid groups (broad SMARTS) is 1. The van der Waals surface area contributed by atoms with E-state index in [1.54, 1.807) is 0 Å². The van der Waals surface area contributed by atoms with Crippen molar-refractivity contribution in [3.05, 3.63) is 86.9 Å². The Kier molecular flexibility index (Phi) is 7.26. The summed E-state index contributed by atoms with van der Waals surface area (Å²) in [5.41, 5.74) is 12.6. The maximum atomic E-state index is 11.1. The first-order chi connectivity index (χ1) is 16.2. The van der Waals surface area contributed by atoms with E-state index in [1.165, 1.54) is 16.7 Å². The van der Waals surface area contributed by atoms with Gasteiger partial charge in [-0.2, -0.15) is 0 Å². The van der Waals surface area contributed by atoms with Gasteiger partial charge in [0.15, 0.2) is 0 Å². The molecule has 1 heterocycles. The second-order valence-corrected chi connectivity index (χ2v) is 9.93.